The van der Waals surface area contributed by atoms with Gasteiger partial charge in [-0.25, -0.2) is 0 Å². The first-order chi connectivity index (χ1) is 8.81. The summed E-state index contributed by atoms with van der Waals surface area (Å²) >= 11 is 0. The lowest BCUT2D eigenvalue weighted by atomic mass is 10.1. The minimum absolute atomic E-state index is 0.632. The highest BCUT2D eigenvalue weighted by molar-refractivity contribution is 5.82. The molecule has 0 aromatic heterocycles. The fourth-order valence-electron chi connectivity index (χ4n) is 1.44. The maximum atomic E-state index is 8.68. The van der Waals surface area contributed by atoms with E-state index < -0.39 is 0 Å². The van der Waals surface area contributed by atoms with Gasteiger partial charge in [-0.15, -0.1) is 6.42 Å². The Hall–Kier alpha value is -2.84. The van der Waals surface area contributed by atoms with Crippen LogP contribution in [0.25, 0.3) is 0 Å². The molecule has 0 saturated heterocycles. The van der Waals surface area contributed by atoms with Crippen LogP contribution >= 0.6 is 0 Å². The predicted molar refractivity (Wildman–Crippen MR) is 72.8 cm³/mol. The van der Waals surface area contributed by atoms with Gasteiger partial charge in [0.15, 0.2) is 0 Å². The fourth-order valence-corrected chi connectivity index (χ4v) is 1.44. The van der Waals surface area contributed by atoms with Crippen molar-refractivity contribution in [3.05, 3.63) is 65.2 Å². The standard InChI is InChI=1S/C16H10N2/c1-2-13-3-5-15(6-4-13)12-18-16-9-7-14(11-17)8-10-16/h1,3-10,12H. The maximum Gasteiger partial charge on any atom is 0.0991 e. The van der Waals surface area contributed by atoms with Gasteiger partial charge in [-0.05, 0) is 42.0 Å². The van der Waals surface area contributed by atoms with E-state index in [9.17, 15) is 0 Å². The summed E-state index contributed by atoms with van der Waals surface area (Å²) in [7, 11) is 0. The van der Waals surface area contributed by atoms with Gasteiger partial charge in [0.05, 0.1) is 17.3 Å². The normalized spacial score (nSPS) is 9.89. The van der Waals surface area contributed by atoms with E-state index in [0.717, 1.165) is 16.8 Å². The van der Waals surface area contributed by atoms with Crippen LogP contribution in [0.15, 0.2) is 53.5 Å². The summed E-state index contributed by atoms with van der Waals surface area (Å²) in [5.41, 5.74) is 3.28. The lowest BCUT2D eigenvalue weighted by molar-refractivity contribution is 1.46. The van der Waals surface area contributed by atoms with E-state index in [0.29, 0.717) is 5.56 Å². The molecule has 0 amide bonds. The van der Waals surface area contributed by atoms with Crippen molar-refractivity contribution in [3.63, 3.8) is 0 Å². The first-order valence-electron chi connectivity index (χ1n) is 5.43. The van der Waals surface area contributed by atoms with Crippen LogP contribution in [0.3, 0.4) is 0 Å². The molecule has 0 aliphatic rings. The van der Waals surface area contributed by atoms with E-state index in [1.807, 2.05) is 36.4 Å². The molecule has 2 aromatic carbocycles. The number of nitriles is 1. The number of terminal acetylenes is 1. The van der Waals surface area contributed by atoms with Crippen molar-refractivity contribution in [3.8, 4) is 18.4 Å². The van der Waals surface area contributed by atoms with E-state index in [2.05, 4.69) is 17.0 Å². The third-order valence-electron chi connectivity index (χ3n) is 2.44. The van der Waals surface area contributed by atoms with E-state index in [4.69, 9.17) is 11.7 Å². The molecule has 0 unspecified atom stereocenters. The van der Waals surface area contributed by atoms with E-state index in [1.165, 1.54) is 0 Å². The van der Waals surface area contributed by atoms with Crippen LogP contribution in [0.2, 0.25) is 0 Å². The second-order valence-electron chi connectivity index (χ2n) is 3.68. The minimum atomic E-state index is 0.632. The Bertz CT molecular complexity index is 576. The predicted octanol–water partition coefficient (Wildman–Crippen LogP) is 3.29. The van der Waals surface area contributed by atoms with Gasteiger partial charge >= 0.3 is 0 Å². The Labute approximate surface area is 106 Å². The van der Waals surface area contributed by atoms with E-state index in [1.54, 1.807) is 18.3 Å². The molecular formula is C16H10N2. The number of hydrogen-bond acceptors (Lipinski definition) is 2. The fraction of sp³-hybridized carbons (Fsp3) is 0. The van der Waals surface area contributed by atoms with Gasteiger partial charge in [0.1, 0.15) is 0 Å². The van der Waals surface area contributed by atoms with Crippen LogP contribution in [0.5, 0.6) is 0 Å². The number of rotatable bonds is 2. The summed E-state index contributed by atoms with van der Waals surface area (Å²) in [4.78, 5) is 4.32. The zero-order chi connectivity index (χ0) is 12.8. The van der Waals surface area contributed by atoms with Crippen molar-refractivity contribution in [2.75, 3.05) is 0 Å². The molecule has 0 aliphatic carbocycles. The maximum absolute atomic E-state index is 8.68. The van der Waals surface area contributed by atoms with Crippen molar-refractivity contribution >= 4 is 11.9 Å². The van der Waals surface area contributed by atoms with Gasteiger partial charge in [0, 0.05) is 11.8 Å². The summed E-state index contributed by atoms with van der Waals surface area (Å²) in [5.74, 6) is 2.57. The largest absolute Gasteiger partial charge is 0.256 e. The van der Waals surface area contributed by atoms with Gasteiger partial charge in [0.2, 0.25) is 0 Å². The summed E-state index contributed by atoms with van der Waals surface area (Å²) in [6.45, 7) is 0. The van der Waals surface area contributed by atoms with Crippen molar-refractivity contribution in [2.45, 2.75) is 0 Å². The molecule has 2 heteroatoms. The summed E-state index contributed by atoms with van der Waals surface area (Å²) in [6.07, 6.45) is 7.05. The van der Waals surface area contributed by atoms with Crippen LogP contribution in [0, 0.1) is 23.7 Å². The number of benzene rings is 2. The summed E-state index contributed by atoms with van der Waals surface area (Å²) in [6, 6.07) is 16.8. The first-order valence-corrected chi connectivity index (χ1v) is 5.43. The zero-order valence-corrected chi connectivity index (χ0v) is 9.67. The van der Waals surface area contributed by atoms with Gasteiger partial charge in [-0.1, -0.05) is 18.1 Å². The molecule has 0 spiro atoms. The average molecular weight is 230 g/mol. The number of aliphatic imine (C=N–C) groups is 1. The molecule has 0 saturated carbocycles. The van der Waals surface area contributed by atoms with Crippen molar-refractivity contribution in [1.29, 1.82) is 5.26 Å². The molecule has 0 aliphatic heterocycles. The smallest absolute Gasteiger partial charge is 0.0991 e. The molecule has 0 fully saturated rings. The number of hydrogen-bond donors (Lipinski definition) is 0. The van der Waals surface area contributed by atoms with Crippen LogP contribution in [0.4, 0.5) is 5.69 Å². The highest BCUT2D eigenvalue weighted by atomic mass is 14.7. The first kappa shape index (κ1) is 11.6. The molecule has 0 N–H and O–H groups in total. The molecule has 0 atom stereocenters. The topological polar surface area (TPSA) is 36.1 Å². The second kappa shape index (κ2) is 5.48. The Morgan fingerprint density at radius 3 is 2.11 bits per heavy atom. The Kier molecular flexibility index (Phi) is 3.54. The molecule has 2 aromatic rings. The van der Waals surface area contributed by atoms with E-state index >= 15 is 0 Å². The Balaban J connectivity index is 2.14. The van der Waals surface area contributed by atoms with Crippen molar-refractivity contribution < 1.29 is 0 Å². The van der Waals surface area contributed by atoms with Crippen molar-refractivity contribution in [1.82, 2.24) is 0 Å². The van der Waals surface area contributed by atoms with Gasteiger partial charge in [-0.3, -0.25) is 4.99 Å². The Morgan fingerprint density at radius 2 is 1.56 bits per heavy atom. The quantitative estimate of drug-likeness (QED) is 0.576. The van der Waals surface area contributed by atoms with Crippen LogP contribution in [0.1, 0.15) is 16.7 Å². The highest BCUT2D eigenvalue weighted by Gasteiger charge is 1.92. The van der Waals surface area contributed by atoms with E-state index in [-0.39, 0.29) is 0 Å². The number of nitrogens with zero attached hydrogens (tertiary/aromatic N) is 2. The SMILES string of the molecule is C#Cc1ccc(C=Nc2ccc(C#N)cc2)cc1. The molecule has 0 bridgehead atoms. The van der Waals surface area contributed by atoms with Gasteiger partial charge in [0.25, 0.3) is 0 Å². The highest BCUT2D eigenvalue weighted by Crippen LogP contribution is 2.12. The zero-order valence-electron chi connectivity index (χ0n) is 9.67. The molecule has 0 radical (unpaired) electrons. The molecule has 0 heterocycles. The molecule has 2 nitrogen and oxygen atoms in total. The van der Waals surface area contributed by atoms with Crippen molar-refractivity contribution in [2.24, 2.45) is 4.99 Å². The third kappa shape index (κ3) is 2.84. The average Bonchev–Trinajstić information content (AvgIpc) is 2.46. The molecular weight excluding hydrogens is 220 g/mol. The summed E-state index contributed by atoms with van der Waals surface area (Å²) in [5, 5.41) is 8.68. The lowest BCUT2D eigenvalue weighted by Crippen LogP contribution is -1.81. The third-order valence-corrected chi connectivity index (χ3v) is 2.44. The lowest BCUT2D eigenvalue weighted by Gasteiger charge is -1.95. The second-order valence-corrected chi connectivity index (χ2v) is 3.68. The molecule has 2 rings (SSSR count). The summed E-state index contributed by atoms with van der Waals surface area (Å²) < 4.78 is 0. The van der Waals surface area contributed by atoms with Gasteiger partial charge in [-0.2, -0.15) is 5.26 Å². The van der Waals surface area contributed by atoms with Crippen LogP contribution < -0.4 is 0 Å². The Morgan fingerprint density at radius 1 is 0.944 bits per heavy atom. The minimum Gasteiger partial charge on any atom is -0.256 e. The van der Waals surface area contributed by atoms with Gasteiger partial charge < -0.3 is 0 Å². The molecule has 18 heavy (non-hydrogen) atoms. The van der Waals surface area contributed by atoms with Crippen LogP contribution in [-0.2, 0) is 0 Å². The molecule has 84 valence electrons. The van der Waals surface area contributed by atoms with Crippen LogP contribution in [-0.4, -0.2) is 6.21 Å². The monoisotopic (exact) mass is 230 g/mol.